The Balaban J connectivity index is 1.65. The van der Waals surface area contributed by atoms with Crippen LogP contribution in [0.25, 0.3) is 6.08 Å². The second-order valence-corrected chi connectivity index (χ2v) is 7.59. The number of oxazole rings is 1. The molecule has 4 nitrogen and oxygen atoms in total. The zero-order valence-corrected chi connectivity index (χ0v) is 15.2. The topological polar surface area (TPSA) is 46.3 Å². The summed E-state index contributed by atoms with van der Waals surface area (Å²) in [5, 5.41) is 0.0791. The van der Waals surface area contributed by atoms with Crippen LogP contribution in [0, 0.1) is 11.7 Å². The fourth-order valence-electron chi connectivity index (χ4n) is 3.54. The van der Waals surface area contributed by atoms with E-state index in [0.717, 1.165) is 24.8 Å². The van der Waals surface area contributed by atoms with Crippen LogP contribution in [0.3, 0.4) is 0 Å². The first-order chi connectivity index (χ1) is 12.6. The number of carbonyl (C=O) groups excluding carboxylic acids is 1. The summed E-state index contributed by atoms with van der Waals surface area (Å²) in [7, 11) is 0. The molecule has 0 radical (unpaired) electrons. The number of carbonyl (C=O) groups is 1. The summed E-state index contributed by atoms with van der Waals surface area (Å²) in [4.78, 5) is 19.2. The lowest BCUT2D eigenvalue weighted by atomic mass is 9.93. The Bertz CT molecular complexity index is 817. The van der Waals surface area contributed by atoms with Crippen LogP contribution in [-0.4, -0.2) is 34.0 Å². The third-order valence-corrected chi connectivity index (χ3v) is 5.67. The second-order valence-electron chi connectivity index (χ2n) is 6.97. The molecule has 2 fully saturated rings. The van der Waals surface area contributed by atoms with Crippen LogP contribution in [0.1, 0.15) is 36.8 Å². The van der Waals surface area contributed by atoms with Crippen molar-refractivity contribution in [2.45, 2.75) is 30.6 Å². The average Bonchev–Trinajstić information content (AvgIpc) is 3.37. The predicted molar refractivity (Wildman–Crippen MR) is 100 cm³/mol. The third-order valence-electron chi connectivity index (χ3n) is 5.08. The van der Waals surface area contributed by atoms with Gasteiger partial charge in [-0.1, -0.05) is 18.2 Å². The maximum absolute atomic E-state index is 14.5. The predicted octanol–water partition coefficient (Wildman–Crippen LogP) is 3.92. The van der Waals surface area contributed by atoms with Crippen molar-refractivity contribution in [3.05, 3.63) is 59.6 Å². The Morgan fingerprint density at radius 1 is 1.35 bits per heavy atom. The van der Waals surface area contributed by atoms with E-state index in [2.05, 4.69) is 22.5 Å². The first kappa shape index (κ1) is 17.5. The number of halogens is 1. The molecule has 1 aliphatic heterocycles. The van der Waals surface area contributed by atoms with Crippen molar-refractivity contribution >= 4 is 24.5 Å². The molecule has 2 aliphatic rings. The summed E-state index contributed by atoms with van der Waals surface area (Å²) in [5.74, 6) is 0.394. The molecule has 0 bridgehead atoms. The zero-order valence-electron chi connectivity index (χ0n) is 14.3. The molecule has 1 saturated heterocycles. The minimum Gasteiger partial charge on any atom is -0.445 e. The molecule has 0 N–H and O–H groups in total. The summed E-state index contributed by atoms with van der Waals surface area (Å²) in [6, 6.07) is 6.06. The van der Waals surface area contributed by atoms with Crippen LogP contribution in [0.2, 0.25) is 0 Å². The number of aromatic nitrogens is 1. The molecule has 2 atom stereocenters. The van der Waals surface area contributed by atoms with Crippen molar-refractivity contribution in [2.24, 2.45) is 5.92 Å². The Labute approximate surface area is 157 Å². The van der Waals surface area contributed by atoms with E-state index in [1.54, 1.807) is 24.4 Å². The number of hydrogen-bond donors (Lipinski definition) is 1. The van der Waals surface area contributed by atoms with Gasteiger partial charge < -0.3 is 4.42 Å². The molecular weight excluding hydrogens is 351 g/mol. The van der Waals surface area contributed by atoms with E-state index < -0.39 is 6.04 Å². The molecule has 1 aliphatic carbocycles. The molecule has 0 amide bonds. The SMILES string of the molecule is O=C(C1CC1)C(c1ccccc1F)N1CCC(S)C(=Cc2ncco2)C1. The molecule has 4 rings (SSSR count). The lowest BCUT2D eigenvalue weighted by molar-refractivity contribution is -0.126. The van der Waals surface area contributed by atoms with Crippen molar-refractivity contribution in [2.75, 3.05) is 13.1 Å². The van der Waals surface area contributed by atoms with Crippen LogP contribution >= 0.6 is 12.6 Å². The summed E-state index contributed by atoms with van der Waals surface area (Å²) in [6.07, 6.45) is 7.61. The average molecular weight is 372 g/mol. The number of hydrogen-bond acceptors (Lipinski definition) is 5. The Morgan fingerprint density at radius 2 is 2.15 bits per heavy atom. The van der Waals surface area contributed by atoms with Gasteiger partial charge in [-0.25, -0.2) is 9.37 Å². The van der Waals surface area contributed by atoms with E-state index in [4.69, 9.17) is 4.42 Å². The van der Waals surface area contributed by atoms with Crippen LogP contribution < -0.4 is 0 Å². The van der Waals surface area contributed by atoms with Crippen molar-refractivity contribution < 1.29 is 13.6 Å². The Morgan fingerprint density at radius 3 is 2.85 bits per heavy atom. The van der Waals surface area contributed by atoms with Gasteiger partial charge in [0.2, 0.25) is 5.89 Å². The molecule has 1 aromatic carbocycles. The van der Waals surface area contributed by atoms with Gasteiger partial charge in [0.25, 0.3) is 0 Å². The second kappa shape index (κ2) is 7.37. The van der Waals surface area contributed by atoms with E-state index in [-0.39, 0.29) is 22.8 Å². The number of rotatable bonds is 5. The fourth-order valence-corrected chi connectivity index (χ4v) is 3.81. The molecule has 136 valence electrons. The van der Waals surface area contributed by atoms with Gasteiger partial charge in [-0.15, -0.1) is 0 Å². The molecule has 2 aromatic rings. The largest absolute Gasteiger partial charge is 0.445 e. The molecule has 6 heteroatoms. The minimum atomic E-state index is -0.544. The van der Waals surface area contributed by atoms with Gasteiger partial charge in [0.05, 0.1) is 12.2 Å². The highest BCUT2D eigenvalue weighted by atomic mass is 32.1. The van der Waals surface area contributed by atoms with E-state index in [0.29, 0.717) is 24.5 Å². The van der Waals surface area contributed by atoms with Gasteiger partial charge in [0.1, 0.15) is 12.1 Å². The number of Topliss-reactive ketones (excluding diaryl/α,β-unsaturated/α-hetero) is 1. The molecule has 2 heterocycles. The van der Waals surface area contributed by atoms with Crippen LogP contribution in [0.5, 0.6) is 0 Å². The highest BCUT2D eigenvalue weighted by Crippen LogP contribution is 2.39. The monoisotopic (exact) mass is 372 g/mol. The zero-order chi connectivity index (χ0) is 18.1. The van der Waals surface area contributed by atoms with E-state index in [1.807, 2.05) is 6.08 Å². The summed E-state index contributed by atoms with van der Waals surface area (Å²) >= 11 is 4.67. The number of piperidine rings is 1. The number of likely N-dealkylation sites (tertiary alicyclic amines) is 1. The molecule has 2 unspecified atom stereocenters. The van der Waals surface area contributed by atoms with E-state index in [9.17, 15) is 9.18 Å². The van der Waals surface area contributed by atoms with Crippen LogP contribution in [0.15, 0.2) is 46.7 Å². The van der Waals surface area contributed by atoms with Crippen molar-refractivity contribution in [1.82, 2.24) is 9.88 Å². The first-order valence-corrected chi connectivity index (χ1v) is 9.45. The number of ketones is 1. The van der Waals surface area contributed by atoms with Gasteiger partial charge in [-0.3, -0.25) is 9.69 Å². The van der Waals surface area contributed by atoms with Gasteiger partial charge >= 0.3 is 0 Å². The van der Waals surface area contributed by atoms with Gasteiger partial charge in [-0.2, -0.15) is 12.6 Å². The molecule has 26 heavy (non-hydrogen) atoms. The number of thiol groups is 1. The van der Waals surface area contributed by atoms with Crippen LogP contribution in [-0.2, 0) is 4.79 Å². The maximum atomic E-state index is 14.5. The van der Waals surface area contributed by atoms with E-state index >= 15 is 0 Å². The minimum absolute atomic E-state index is 0.0625. The summed E-state index contributed by atoms with van der Waals surface area (Å²) < 4.78 is 19.8. The van der Waals surface area contributed by atoms with Gasteiger partial charge in [-0.05, 0) is 30.9 Å². The van der Waals surface area contributed by atoms with Crippen molar-refractivity contribution in [3.8, 4) is 0 Å². The highest BCUT2D eigenvalue weighted by molar-refractivity contribution is 7.81. The lowest BCUT2D eigenvalue weighted by Crippen LogP contribution is -2.42. The molecule has 0 spiro atoms. The highest BCUT2D eigenvalue weighted by Gasteiger charge is 2.40. The first-order valence-electron chi connectivity index (χ1n) is 8.93. The lowest BCUT2D eigenvalue weighted by Gasteiger charge is -2.37. The Kier molecular flexibility index (Phi) is 4.96. The van der Waals surface area contributed by atoms with Crippen molar-refractivity contribution in [3.63, 3.8) is 0 Å². The third kappa shape index (κ3) is 3.62. The molecule has 1 saturated carbocycles. The summed E-state index contributed by atoms with van der Waals surface area (Å²) in [5.41, 5.74) is 1.50. The normalized spacial score (nSPS) is 23.9. The summed E-state index contributed by atoms with van der Waals surface area (Å²) in [6.45, 7) is 1.25. The van der Waals surface area contributed by atoms with Gasteiger partial charge in [0.15, 0.2) is 5.78 Å². The van der Waals surface area contributed by atoms with Crippen molar-refractivity contribution in [1.29, 1.82) is 0 Å². The van der Waals surface area contributed by atoms with Crippen LogP contribution in [0.4, 0.5) is 4.39 Å². The van der Waals surface area contributed by atoms with Gasteiger partial charge in [0, 0.05) is 35.9 Å². The smallest absolute Gasteiger partial charge is 0.218 e. The van der Waals surface area contributed by atoms with E-state index in [1.165, 1.54) is 12.3 Å². The molecule has 1 aromatic heterocycles. The standard InChI is InChI=1S/C20H21FN2O2S/c21-16-4-2-1-3-15(16)19(20(24)13-5-6-13)23-9-7-17(26)14(12-23)11-18-22-8-10-25-18/h1-4,8,10-11,13,17,19,26H,5-7,9,12H2. The number of benzene rings is 1. The Hall–Kier alpha value is -1.92. The maximum Gasteiger partial charge on any atom is 0.218 e. The quantitative estimate of drug-likeness (QED) is 0.808. The fraction of sp³-hybridized carbons (Fsp3) is 0.400. The number of nitrogens with zero attached hydrogens (tertiary/aromatic N) is 2. The molecular formula is C20H21FN2O2S.